The molecule has 11 rings (SSSR count). The van der Waals surface area contributed by atoms with Crippen LogP contribution in [-0.2, 0) is 0 Å². The van der Waals surface area contributed by atoms with Gasteiger partial charge in [0, 0.05) is 22.3 Å². The third-order valence-corrected chi connectivity index (χ3v) is 12.0. The summed E-state index contributed by atoms with van der Waals surface area (Å²) in [7, 11) is 0. The molecule has 0 radical (unpaired) electrons. The van der Waals surface area contributed by atoms with E-state index in [4.69, 9.17) is 4.74 Å². The number of hydrogen-bond acceptors (Lipinski definition) is 2. The summed E-state index contributed by atoms with van der Waals surface area (Å²) in [5.41, 5.74) is 11.6. The van der Waals surface area contributed by atoms with Crippen LogP contribution in [0.15, 0.2) is 206 Å². The molecule has 9 aromatic rings. The standard InChI is InChI=1S/C55H39NO/c1-55(31-29-40(30-32-55)49-20-9-14-39-12-4-5-18-48(39)49)56(46-27-25-38(26-28-46)43-24-23-37-11-2-3-13-41(37)33-43)47-17-8-15-42(35-47)45-34-44-16-10-22-53-54(44)51(36-45)50-19-6-7-21-52(50)57-53/h2-31,33-36H,32H2,1H3. The second-order valence-corrected chi connectivity index (χ2v) is 15.6. The van der Waals surface area contributed by atoms with Gasteiger partial charge in [0.25, 0.3) is 0 Å². The highest BCUT2D eigenvalue weighted by molar-refractivity contribution is 6.06. The van der Waals surface area contributed by atoms with Crippen LogP contribution >= 0.6 is 0 Å². The maximum atomic E-state index is 6.37. The van der Waals surface area contributed by atoms with E-state index in [2.05, 4.69) is 212 Å². The van der Waals surface area contributed by atoms with E-state index in [1.807, 2.05) is 6.07 Å². The number of para-hydroxylation sites is 1. The summed E-state index contributed by atoms with van der Waals surface area (Å²) >= 11 is 0. The van der Waals surface area contributed by atoms with Crippen LogP contribution in [0.5, 0.6) is 11.5 Å². The fourth-order valence-electron chi connectivity index (χ4n) is 9.05. The molecule has 0 saturated heterocycles. The fraction of sp³-hybridized carbons (Fsp3) is 0.0545. The van der Waals surface area contributed by atoms with Gasteiger partial charge in [-0.25, -0.2) is 0 Å². The summed E-state index contributed by atoms with van der Waals surface area (Å²) in [6, 6.07) is 68.2. The summed E-state index contributed by atoms with van der Waals surface area (Å²) in [5.74, 6) is 1.81. The van der Waals surface area contributed by atoms with Crippen molar-refractivity contribution in [1.82, 2.24) is 0 Å². The molecule has 2 aliphatic rings. The van der Waals surface area contributed by atoms with E-state index in [0.717, 1.165) is 40.2 Å². The summed E-state index contributed by atoms with van der Waals surface area (Å²) in [6.45, 7) is 2.36. The van der Waals surface area contributed by atoms with Gasteiger partial charge in [-0.3, -0.25) is 0 Å². The minimum Gasteiger partial charge on any atom is -0.456 e. The van der Waals surface area contributed by atoms with Crippen molar-refractivity contribution in [1.29, 1.82) is 0 Å². The Morgan fingerprint density at radius 2 is 1.12 bits per heavy atom. The highest BCUT2D eigenvalue weighted by atomic mass is 16.5. The lowest BCUT2D eigenvalue weighted by Gasteiger charge is -2.42. The molecule has 1 aliphatic carbocycles. The SMILES string of the molecule is CC1(N(c2ccc(-c3ccc4ccccc4c3)cc2)c2cccc(-c3cc4c5c(cccc5c3)Oc3ccccc3-4)c2)C=CC(c2cccc3ccccc23)=CC1. The molecule has 2 heteroatoms. The van der Waals surface area contributed by atoms with Crippen molar-refractivity contribution >= 4 is 49.3 Å². The van der Waals surface area contributed by atoms with E-state index >= 15 is 0 Å². The van der Waals surface area contributed by atoms with Gasteiger partial charge in [0.05, 0.1) is 5.54 Å². The lowest BCUT2D eigenvalue weighted by Crippen LogP contribution is -2.42. The molecule has 0 saturated carbocycles. The van der Waals surface area contributed by atoms with Crippen molar-refractivity contribution in [2.24, 2.45) is 0 Å². The van der Waals surface area contributed by atoms with Crippen LogP contribution in [0, 0.1) is 0 Å². The highest BCUT2D eigenvalue weighted by Crippen LogP contribution is 2.49. The first-order valence-corrected chi connectivity index (χ1v) is 19.8. The van der Waals surface area contributed by atoms with Gasteiger partial charge in [0.1, 0.15) is 11.5 Å². The maximum Gasteiger partial charge on any atom is 0.135 e. The number of allylic oxidation sites excluding steroid dienone is 2. The summed E-state index contributed by atoms with van der Waals surface area (Å²) in [5, 5.41) is 7.39. The fourth-order valence-corrected chi connectivity index (χ4v) is 9.05. The Kier molecular flexibility index (Phi) is 7.72. The first-order valence-electron chi connectivity index (χ1n) is 19.8. The normalized spacial score (nSPS) is 15.6. The molecule has 1 heterocycles. The van der Waals surface area contributed by atoms with Gasteiger partial charge in [0.15, 0.2) is 0 Å². The van der Waals surface area contributed by atoms with E-state index in [0.29, 0.717) is 0 Å². The number of anilines is 2. The minimum absolute atomic E-state index is 0.336. The summed E-state index contributed by atoms with van der Waals surface area (Å²) in [4.78, 5) is 2.53. The number of ether oxygens (including phenoxy) is 1. The molecule has 0 spiro atoms. The molecule has 57 heavy (non-hydrogen) atoms. The van der Waals surface area contributed by atoms with Crippen molar-refractivity contribution < 1.29 is 4.74 Å². The Hall–Kier alpha value is -7.16. The molecule has 0 aromatic heterocycles. The van der Waals surface area contributed by atoms with Crippen molar-refractivity contribution in [3.05, 3.63) is 212 Å². The third kappa shape index (κ3) is 5.72. The van der Waals surface area contributed by atoms with Gasteiger partial charge in [-0.1, -0.05) is 152 Å². The average Bonchev–Trinajstić information content (AvgIpc) is 3.27. The van der Waals surface area contributed by atoms with Crippen molar-refractivity contribution in [3.8, 4) is 44.9 Å². The highest BCUT2D eigenvalue weighted by Gasteiger charge is 2.33. The van der Waals surface area contributed by atoms with E-state index < -0.39 is 0 Å². The molecule has 1 atom stereocenters. The number of hydrogen-bond donors (Lipinski definition) is 0. The Labute approximate surface area is 333 Å². The van der Waals surface area contributed by atoms with Gasteiger partial charge in [-0.15, -0.1) is 0 Å². The van der Waals surface area contributed by atoms with Crippen LogP contribution in [-0.4, -0.2) is 5.54 Å². The zero-order chi connectivity index (χ0) is 37.9. The summed E-state index contributed by atoms with van der Waals surface area (Å²) < 4.78 is 6.37. The van der Waals surface area contributed by atoms with Crippen molar-refractivity contribution in [2.75, 3.05) is 4.90 Å². The predicted molar refractivity (Wildman–Crippen MR) is 241 cm³/mol. The van der Waals surface area contributed by atoms with Crippen LogP contribution in [0.2, 0.25) is 0 Å². The molecule has 2 nitrogen and oxygen atoms in total. The second-order valence-electron chi connectivity index (χ2n) is 15.6. The van der Waals surface area contributed by atoms with Crippen molar-refractivity contribution in [2.45, 2.75) is 18.9 Å². The molecule has 0 N–H and O–H groups in total. The van der Waals surface area contributed by atoms with E-state index in [1.165, 1.54) is 65.9 Å². The number of fused-ring (bicyclic) bond motifs is 4. The van der Waals surface area contributed by atoms with Gasteiger partial charge in [0.2, 0.25) is 0 Å². The Morgan fingerprint density at radius 3 is 2.00 bits per heavy atom. The first kappa shape index (κ1) is 33.2. The molecular weight excluding hydrogens is 691 g/mol. The first-order chi connectivity index (χ1) is 28.1. The van der Waals surface area contributed by atoms with Gasteiger partial charge in [-0.05, 0) is 134 Å². The van der Waals surface area contributed by atoms with Crippen LogP contribution in [0.25, 0.3) is 71.3 Å². The Bertz CT molecular complexity index is 3090. The lowest BCUT2D eigenvalue weighted by molar-refractivity contribution is 0.487. The molecular formula is C55H39NO. The maximum absolute atomic E-state index is 6.37. The molecule has 0 bridgehead atoms. The number of benzene rings is 9. The molecule has 0 fully saturated rings. The van der Waals surface area contributed by atoms with Gasteiger partial charge < -0.3 is 9.64 Å². The van der Waals surface area contributed by atoms with E-state index in [9.17, 15) is 0 Å². The van der Waals surface area contributed by atoms with Crippen molar-refractivity contribution in [3.63, 3.8) is 0 Å². The molecule has 0 amide bonds. The smallest absolute Gasteiger partial charge is 0.135 e. The lowest BCUT2D eigenvalue weighted by atomic mass is 9.84. The third-order valence-electron chi connectivity index (χ3n) is 12.0. The number of nitrogens with zero attached hydrogens (tertiary/aromatic N) is 1. The molecule has 1 aliphatic heterocycles. The van der Waals surface area contributed by atoms with E-state index in [-0.39, 0.29) is 5.54 Å². The monoisotopic (exact) mass is 729 g/mol. The van der Waals surface area contributed by atoms with Gasteiger partial charge in [-0.2, -0.15) is 0 Å². The molecule has 1 unspecified atom stereocenters. The van der Waals surface area contributed by atoms with Crippen LogP contribution in [0.4, 0.5) is 11.4 Å². The van der Waals surface area contributed by atoms with Crippen LogP contribution in [0.3, 0.4) is 0 Å². The zero-order valence-corrected chi connectivity index (χ0v) is 31.7. The molecule has 9 aromatic carbocycles. The quantitative estimate of drug-likeness (QED) is 0.169. The number of rotatable bonds is 6. The van der Waals surface area contributed by atoms with Crippen LogP contribution in [0.1, 0.15) is 18.9 Å². The van der Waals surface area contributed by atoms with Crippen LogP contribution < -0.4 is 9.64 Å². The molecule has 270 valence electrons. The zero-order valence-electron chi connectivity index (χ0n) is 31.7. The Balaban J connectivity index is 1.02. The van der Waals surface area contributed by atoms with Gasteiger partial charge >= 0.3 is 0 Å². The van der Waals surface area contributed by atoms with E-state index in [1.54, 1.807) is 0 Å². The topological polar surface area (TPSA) is 12.5 Å². The average molecular weight is 730 g/mol. The predicted octanol–water partition coefficient (Wildman–Crippen LogP) is 15.2. The second kappa shape index (κ2) is 13.3. The Morgan fingerprint density at radius 1 is 0.456 bits per heavy atom. The summed E-state index contributed by atoms with van der Waals surface area (Å²) in [6.07, 6.45) is 8.01. The largest absolute Gasteiger partial charge is 0.456 e. The minimum atomic E-state index is -0.336.